The van der Waals surface area contributed by atoms with Gasteiger partial charge in [-0.25, -0.2) is 13.6 Å². The quantitative estimate of drug-likeness (QED) is 0.882. The van der Waals surface area contributed by atoms with Gasteiger partial charge in [0.05, 0.1) is 17.8 Å². The molecular formula is C15H16N2O4S2. The van der Waals surface area contributed by atoms with Crippen molar-refractivity contribution in [2.75, 3.05) is 11.9 Å². The Bertz CT molecular complexity index is 854. The summed E-state index contributed by atoms with van der Waals surface area (Å²) in [5.74, 6) is -0.381. The van der Waals surface area contributed by atoms with Crippen LogP contribution in [-0.4, -0.2) is 20.9 Å². The first kappa shape index (κ1) is 16.1. The summed E-state index contributed by atoms with van der Waals surface area (Å²) in [4.78, 5) is 12.2. The van der Waals surface area contributed by atoms with Gasteiger partial charge in [-0.2, -0.15) is 0 Å². The summed E-state index contributed by atoms with van der Waals surface area (Å²) in [6, 6.07) is 8.72. The van der Waals surface area contributed by atoms with Crippen molar-refractivity contribution in [3.8, 4) is 0 Å². The van der Waals surface area contributed by atoms with Gasteiger partial charge in [0, 0.05) is 17.5 Å². The van der Waals surface area contributed by atoms with Crippen molar-refractivity contribution in [2.45, 2.75) is 23.2 Å². The van der Waals surface area contributed by atoms with Crippen molar-refractivity contribution < 1.29 is 17.9 Å². The number of hydrogen-bond donors (Lipinski definition) is 2. The number of carbonyl (C=O) groups excluding carboxylic acids is 1. The molecule has 2 heterocycles. The van der Waals surface area contributed by atoms with Crippen LogP contribution in [0.2, 0.25) is 0 Å². The second kappa shape index (κ2) is 5.72. The number of sulfonamides is 1. The number of hydrogen-bond acceptors (Lipinski definition) is 5. The van der Waals surface area contributed by atoms with Crippen molar-refractivity contribution in [1.29, 1.82) is 0 Å². The number of nitrogens with one attached hydrogen (secondary N) is 1. The van der Waals surface area contributed by atoms with Crippen molar-refractivity contribution in [3.63, 3.8) is 0 Å². The van der Waals surface area contributed by atoms with Crippen LogP contribution in [0.1, 0.15) is 29.3 Å². The van der Waals surface area contributed by atoms with Gasteiger partial charge in [-0.15, -0.1) is 11.3 Å². The van der Waals surface area contributed by atoms with Gasteiger partial charge in [0.25, 0.3) is 5.91 Å². The average Bonchev–Trinajstić information content (AvgIpc) is 2.95. The van der Waals surface area contributed by atoms with E-state index in [0.29, 0.717) is 5.69 Å². The molecule has 0 spiro atoms. The van der Waals surface area contributed by atoms with Crippen molar-refractivity contribution in [3.05, 3.63) is 46.8 Å². The molecule has 1 saturated heterocycles. The minimum atomic E-state index is -3.79. The summed E-state index contributed by atoms with van der Waals surface area (Å²) in [6.45, 7) is 2.74. The maximum Gasteiger partial charge on any atom is 0.256 e. The molecule has 1 unspecified atom stereocenters. The van der Waals surface area contributed by atoms with E-state index in [4.69, 9.17) is 9.88 Å². The molecule has 0 bridgehead atoms. The van der Waals surface area contributed by atoms with Crippen LogP contribution in [0.4, 0.5) is 5.69 Å². The van der Waals surface area contributed by atoms with Gasteiger partial charge in [-0.1, -0.05) is 12.1 Å². The van der Waals surface area contributed by atoms with Gasteiger partial charge in [0.15, 0.2) is 0 Å². The standard InChI is InChI=1S/C15H16N2O4S2/c1-15(5-6-21-15)11-3-2-4-12(8-11)17-14(18)10-7-13(22-9-10)23(16,19)20/h2-4,7-9H,5-6H2,1H3,(H,17,18)(H2,16,19,20). The molecule has 3 rings (SSSR count). The molecule has 1 aliphatic rings. The fourth-order valence-corrected chi connectivity index (χ4v) is 3.94. The number of ether oxygens (including phenoxy) is 1. The molecule has 1 fully saturated rings. The Hall–Kier alpha value is -1.74. The van der Waals surface area contributed by atoms with Crippen LogP contribution in [0, 0.1) is 0 Å². The zero-order chi connectivity index (χ0) is 16.7. The second-order valence-corrected chi connectivity index (χ2v) is 8.26. The van der Waals surface area contributed by atoms with Gasteiger partial charge in [-0.3, -0.25) is 4.79 Å². The lowest BCUT2D eigenvalue weighted by Gasteiger charge is -2.39. The van der Waals surface area contributed by atoms with Gasteiger partial charge < -0.3 is 10.1 Å². The molecule has 122 valence electrons. The van der Waals surface area contributed by atoms with Crippen LogP contribution in [0.15, 0.2) is 39.9 Å². The zero-order valence-electron chi connectivity index (χ0n) is 12.4. The highest BCUT2D eigenvalue weighted by Crippen LogP contribution is 2.37. The molecular weight excluding hydrogens is 336 g/mol. The third-order valence-electron chi connectivity index (χ3n) is 3.85. The van der Waals surface area contributed by atoms with Crippen molar-refractivity contribution in [1.82, 2.24) is 0 Å². The molecule has 3 N–H and O–H groups in total. The number of primary sulfonamides is 1. The van der Waals surface area contributed by atoms with Crippen LogP contribution >= 0.6 is 11.3 Å². The number of thiophene rings is 1. The van der Waals surface area contributed by atoms with E-state index in [0.717, 1.165) is 29.9 Å². The van der Waals surface area contributed by atoms with E-state index in [1.54, 1.807) is 6.07 Å². The van der Waals surface area contributed by atoms with Crippen LogP contribution in [0.25, 0.3) is 0 Å². The highest BCUT2D eigenvalue weighted by atomic mass is 32.2. The normalized spacial score (nSPS) is 20.8. The number of nitrogens with two attached hydrogens (primary N) is 1. The number of amides is 1. The summed E-state index contributed by atoms with van der Waals surface area (Å²) >= 11 is 0.922. The Morgan fingerprint density at radius 2 is 2.13 bits per heavy atom. The molecule has 1 aromatic carbocycles. The Labute approximate surface area is 138 Å². The van der Waals surface area contributed by atoms with Gasteiger partial charge in [0.1, 0.15) is 4.21 Å². The van der Waals surface area contributed by atoms with E-state index in [2.05, 4.69) is 5.32 Å². The van der Waals surface area contributed by atoms with Crippen molar-refractivity contribution >= 4 is 33.0 Å². The predicted octanol–water partition coefficient (Wildman–Crippen LogP) is 2.28. The second-order valence-electron chi connectivity index (χ2n) is 5.56. The maximum atomic E-state index is 12.2. The summed E-state index contributed by atoms with van der Waals surface area (Å²) in [5.41, 5.74) is 1.59. The number of carbonyl (C=O) groups is 1. The number of rotatable bonds is 4. The molecule has 6 nitrogen and oxygen atoms in total. The van der Waals surface area contributed by atoms with Crippen molar-refractivity contribution in [2.24, 2.45) is 5.14 Å². The van der Waals surface area contributed by atoms with E-state index < -0.39 is 10.0 Å². The highest BCUT2D eigenvalue weighted by molar-refractivity contribution is 7.91. The first-order valence-corrected chi connectivity index (χ1v) is 9.38. The molecule has 0 aliphatic carbocycles. The van der Waals surface area contributed by atoms with Gasteiger partial charge in [0.2, 0.25) is 10.0 Å². The van der Waals surface area contributed by atoms with Crippen LogP contribution in [0.3, 0.4) is 0 Å². The molecule has 0 saturated carbocycles. The highest BCUT2D eigenvalue weighted by Gasteiger charge is 2.35. The van der Waals surface area contributed by atoms with Gasteiger partial charge in [-0.05, 0) is 30.7 Å². The van der Waals surface area contributed by atoms with E-state index in [-0.39, 0.29) is 21.3 Å². The lowest BCUT2D eigenvalue weighted by Crippen LogP contribution is -2.37. The Kier molecular flexibility index (Phi) is 4.01. The molecule has 8 heteroatoms. The molecule has 0 radical (unpaired) electrons. The number of benzene rings is 1. The largest absolute Gasteiger partial charge is 0.370 e. The smallest absolute Gasteiger partial charge is 0.256 e. The Balaban J connectivity index is 1.78. The predicted molar refractivity (Wildman–Crippen MR) is 88.0 cm³/mol. The van der Waals surface area contributed by atoms with E-state index >= 15 is 0 Å². The lowest BCUT2D eigenvalue weighted by atomic mass is 9.88. The third-order valence-corrected chi connectivity index (χ3v) is 6.24. The zero-order valence-corrected chi connectivity index (χ0v) is 14.0. The lowest BCUT2D eigenvalue weighted by molar-refractivity contribution is -0.140. The molecule has 1 aromatic heterocycles. The molecule has 23 heavy (non-hydrogen) atoms. The third kappa shape index (κ3) is 3.30. The average molecular weight is 352 g/mol. The monoisotopic (exact) mass is 352 g/mol. The molecule has 1 amide bonds. The summed E-state index contributed by atoms with van der Waals surface area (Å²) in [7, 11) is -3.79. The fourth-order valence-electron chi connectivity index (χ4n) is 2.35. The van der Waals surface area contributed by atoms with E-state index in [1.165, 1.54) is 11.4 Å². The minimum absolute atomic E-state index is 0.0354. The molecule has 1 aliphatic heterocycles. The maximum absolute atomic E-state index is 12.2. The molecule has 2 aromatic rings. The topological polar surface area (TPSA) is 98.5 Å². The van der Waals surface area contributed by atoms with Crippen LogP contribution < -0.4 is 10.5 Å². The Morgan fingerprint density at radius 1 is 1.39 bits per heavy atom. The Morgan fingerprint density at radius 3 is 2.70 bits per heavy atom. The van der Waals surface area contributed by atoms with E-state index in [9.17, 15) is 13.2 Å². The van der Waals surface area contributed by atoms with Crippen LogP contribution in [-0.2, 0) is 20.4 Å². The molecule has 1 atom stereocenters. The summed E-state index contributed by atoms with van der Waals surface area (Å²) < 4.78 is 28.1. The SMILES string of the molecule is CC1(c2cccc(NC(=O)c3csc(S(N)(=O)=O)c3)c2)CCO1. The van der Waals surface area contributed by atoms with Crippen LogP contribution in [0.5, 0.6) is 0 Å². The van der Waals surface area contributed by atoms with Gasteiger partial charge >= 0.3 is 0 Å². The minimum Gasteiger partial charge on any atom is -0.370 e. The fraction of sp³-hybridized carbons (Fsp3) is 0.267. The number of anilines is 1. The first-order valence-electron chi connectivity index (χ1n) is 6.95. The summed E-state index contributed by atoms with van der Waals surface area (Å²) in [5, 5.41) is 9.28. The van der Waals surface area contributed by atoms with E-state index in [1.807, 2.05) is 25.1 Å². The summed E-state index contributed by atoms with van der Waals surface area (Å²) in [6.07, 6.45) is 0.937. The first-order chi connectivity index (χ1) is 10.8.